The first-order valence-electron chi connectivity index (χ1n) is 18.4. The molecule has 1 atom stereocenters. The van der Waals surface area contributed by atoms with Gasteiger partial charge in [0.15, 0.2) is 0 Å². The summed E-state index contributed by atoms with van der Waals surface area (Å²) in [5.74, 6) is 0. The minimum atomic E-state index is -0.353. The Morgan fingerprint density at radius 3 is 1.83 bits per heavy atom. The highest BCUT2D eigenvalue weighted by Crippen LogP contribution is 2.64. The van der Waals surface area contributed by atoms with Gasteiger partial charge < -0.3 is 4.90 Å². The van der Waals surface area contributed by atoms with Crippen LogP contribution in [-0.4, -0.2) is 0 Å². The highest BCUT2D eigenvalue weighted by atomic mass is 15.2. The number of hydrogen-bond acceptors (Lipinski definition) is 1. The van der Waals surface area contributed by atoms with E-state index in [1.54, 1.807) is 0 Å². The minimum Gasteiger partial charge on any atom is -0.310 e. The van der Waals surface area contributed by atoms with Crippen molar-refractivity contribution in [2.75, 3.05) is 4.90 Å². The van der Waals surface area contributed by atoms with Gasteiger partial charge in [0.25, 0.3) is 0 Å². The average molecular weight is 664 g/mol. The van der Waals surface area contributed by atoms with Gasteiger partial charge in [-0.3, -0.25) is 0 Å². The molecule has 1 aliphatic heterocycles. The molecule has 0 spiro atoms. The predicted molar refractivity (Wildman–Crippen MR) is 218 cm³/mol. The van der Waals surface area contributed by atoms with Gasteiger partial charge in [-0.25, -0.2) is 0 Å². The van der Waals surface area contributed by atoms with Crippen molar-refractivity contribution in [2.45, 2.75) is 31.6 Å². The summed E-state index contributed by atoms with van der Waals surface area (Å²) in [7, 11) is 0. The van der Waals surface area contributed by atoms with E-state index in [0.717, 1.165) is 0 Å². The van der Waals surface area contributed by atoms with Crippen LogP contribution in [0.4, 0.5) is 17.1 Å². The van der Waals surface area contributed by atoms with Crippen molar-refractivity contribution in [1.82, 2.24) is 0 Å². The lowest BCUT2D eigenvalue weighted by Crippen LogP contribution is -2.32. The zero-order valence-electron chi connectivity index (χ0n) is 29.6. The Kier molecular flexibility index (Phi) is 5.93. The Morgan fingerprint density at radius 2 is 1.06 bits per heavy atom. The van der Waals surface area contributed by atoms with Gasteiger partial charge in [-0.1, -0.05) is 141 Å². The molecule has 52 heavy (non-hydrogen) atoms. The van der Waals surface area contributed by atoms with Gasteiger partial charge in [-0.2, -0.15) is 0 Å². The highest BCUT2D eigenvalue weighted by Gasteiger charge is 2.50. The van der Waals surface area contributed by atoms with E-state index < -0.39 is 0 Å². The fourth-order valence-electron chi connectivity index (χ4n) is 9.86. The van der Waals surface area contributed by atoms with Gasteiger partial charge in [0, 0.05) is 16.5 Å². The van der Waals surface area contributed by atoms with E-state index in [0.29, 0.717) is 0 Å². The van der Waals surface area contributed by atoms with Gasteiger partial charge in [-0.15, -0.1) is 0 Å². The maximum Gasteiger partial charge on any atom is 0.0512 e. The maximum atomic E-state index is 2.58. The molecule has 0 fully saturated rings. The van der Waals surface area contributed by atoms with Crippen molar-refractivity contribution in [2.24, 2.45) is 0 Å². The lowest BCUT2D eigenvalue weighted by Gasteiger charge is -2.42. The number of benzene rings is 8. The predicted octanol–water partition coefficient (Wildman–Crippen LogP) is 13.6. The van der Waals surface area contributed by atoms with Crippen LogP contribution in [0.5, 0.6) is 0 Å². The third kappa shape index (κ3) is 3.83. The molecule has 0 bridgehead atoms. The summed E-state index contributed by atoms with van der Waals surface area (Å²) < 4.78 is 0. The van der Waals surface area contributed by atoms with Gasteiger partial charge in [0.2, 0.25) is 0 Å². The van der Waals surface area contributed by atoms with E-state index in [9.17, 15) is 0 Å². The molecule has 1 heteroatoms. The number of nitrogens with zero attached hydrogens (tertiary/aromatic N) is 1. The molecule has 0 amide bonds. The molecule has 3 aliphatic rings. The lowest BCUT2D eigenvalue weighted by atomic mass is 9.69. The summed E-state index contributed by atoms with van der Waals surface area (Å²) in [6, 6.07) is 63.4. The Morgan fingerprint density at radius 1 is 0.404 bits per heavy atom. The van der Waals surface area contributed by atoms with Crippen molar-refractivity contribution in [1.29, 1.82) is 0 Å². The van der Waals surface area contributed by atoms with Gasteiger partial charge >= 0.3 is 0 Å². The second-order valence-electron chi connectivity index (χ2n) is 15.4. The SMILES string of the molecule is CC1(C)c2cc3c(cc2-c2c1ccc1ccccc21)C1(C)c2cc(-c4ccccc4)ccc2N(c2ccc(-c4ccccc4)cc2)c2cccc-3c21. The van der Waals surface area contributed by atoms with E-state index >= 15 is 0 Å². The van der Waals surface area contributed by atoms with Crippen LogP contribution in [-0.2, 0) is 10.8 Å². The molecule has 1 unspecified atom stereocenters. The zero-order chi connectivity index (χ0) is 34.8. The molecule has 0 radical (unpaired) electrons. The number of hydrogen-bond donors (Lipinski definition) is 0. The molecule has 0 saturated carbocycles. The molecule has 1 heterocycles. The van der Waals surface area contributed by atoms with Gasteiger partial charge in [-0.05, 0) is 132 Å². The van der Waals surface area contributed by atoms with Crippen LogP contribution < -0.4 is 4.90 Å². The molecule has 0 aromatic heterocycles. The van der Waals surface area contributed by atoms with Crippen LogP contribution in [0.3, 0.4) is 0 Å². The van der Waals surface area contributed by atoms with Crippen LogP contribution in [0.2, 0.25) is 0 Å². The third-order valence-electron chi connectivity index (χ3n) is 12.4. The lowest BCUT2D eigenvalue weighted by molar-refractivity contribution is 0.659. The first kappa shape index (κ1) is 29.5. The quantitative estimate of drug-likeness (QED) is 0.182. The topological polar surface area (TPSA) is 3.24 Å². The first-order valence-corrected chi connectivity index (χ1v) is 18.4. The molecular weight excluding hydrogens is 627 g/mol. The van der Waals surface area contributed by atoms with Crippen LogP contribution in [0.15, 0.2) is 170 Å². The second-order valence-corrected chi connectivity index (χ2v) is 15.4. The van der Waals surface area contributed by atoms with E-state index in [2.05, 4.69) is 196 Å². The van der Waals surface area contributed by atoms with Crippen molar-refractivity contribution in [3.05, 3.63) is 198 Å². The second kappa shape index (κ2) is 10.4. The van der Waals surface area contributed by atoms with E-state index in [1.165, 1.54) is 100 Å². The largest absolute Gasteiger partial charge is 0.310 e. The normalized spacial score (nSPS) is 16.9. The average Bonchev–Trinajstić information content (AvgIpc) is 3.59. The summed E-state index contributed by atoms with van der Waals surface area (Å²) in [6.45, 7) is 7.30. The molecule has 2 aliphatic carbocycles. The first-order chi connectivity index (χ1) is 25.4. The highest BCUT2D eigenvalue weighted by molar-refractivity contribution is 6.05. The van der Waals surface area contributed by atoms with Crippen molar-refractivity contribution in [3.8, 4) is 44.5 Å². The van der Waals surface area contributed by atoms with Gasteiger partial charge in [0.1, 0.15) is 0 Å². The summed E-state index contributed by atoms with van der Waals surface area (Å²) in [5.41, 5.74) is 20.6. The summed E-state index contributed by atoms with van der Waals surface area (Å²) in [4.78, 5) is 2.51. The number of rotatable bonds is 3. The molecule has 0 saturated heterocycles. The Balaban J connectivity index is 1.18. The fraction of sp³-hybridized carbons (Fsp3) is 0.0980. The standard InChI is InChI=1S/C51H37N/c1-50(2)42-27-23-35-17-10-11-18-38(35)48(42)41-31-44-40(30-43(41)50)39-19-12-20-47-49(39)51(44,3)45-29-36(33-15-8-5-9-16-33)24-28-46(45)52(47)37-25-21-34(22-26-37)32-13-6-4-7-14-32/h4-31H,1-3H3. The minimum absolute atomic E-state index is 0.106. The molecular formula is C51H37N. The molecule has 11 rings (SSSR count). The molecule has 1 nitrogen and oxygen atoms in total. The van der Waals surface area contributed by atoms with Crippen LogP contribution in [0.1, 0.15) is 48.6 Å². The van der Waals surface area contributed by atoms with Crippen LogP contribution in [0.25, 0.3) is 55.3 Å². The smallest absolute Gasteiger partial charge is 0.0512 e. The molecule has 0 N–H and O–H groups in total. The summed E-state index contributed by atoms with van der Waals surface area (Å²) >= 11 is 0. The zero-order valence-corrected chi connectivity index (χ0v) is 29.6. The van der Waals surface area contributed by atoms with Crippen molar-refractivity contribution < 1.29 is 0 Å². The molecule has 8 aromatic rings. The van der Waals surface area contributed by atoms with E-state index in [4.69, 9.17) is 0 Å². The third-order valence-corrected chi connectivity index (χ3v) is 12.4. The summed E-state index contributed by atoms with van der Waals surface area (Å²) in [5, 5.41) is 2.64. The van der Waals surface area contributed by atoms with E-state index in [-0.39, 0.29) is 10.8 Å². The summed E-state index contributed by atoms with van der Waals surface area (Å²) in [6.07, 6.45) is 0. The van der Waals surface area contributed by atoms with Crippen molar-refractivity contribution in [3.63, 3.8) is 0 Å². The van der Waals surface area contributed by atoms with Crippen molar-refractivity contribution >= 4 is 27.8 Å². The molecule has 8 aromatic carbocycles. The number of anilines is 3. The Labute approximate surface area is 305 Å². The van der Waals surface area contributed by atoms with Gasteiger partial charge in [0.05, 0.1) is 11.4 Å². The molecule has 246 valence electrons. The Hall–Kier alpha value is -6.18. The number of fused-ring (bicyclic) bond motifs is 10. The Bertz CT molecular complexity index is 2760. The van der Waals surface area contributed by atoms with Crippen LogP contribution >= 0.6 is 0 Å². The maximum absolute atomic E-state index is 2.58. The van der Waals surface area contributed by atoms with Crippen LogP contribution in [0, 0.1) is 0 Å². The fourth-order valence-corrected chi connectivity index (χ4v) is 9.86. The monoisotopic (exact) mass is 663 g/mol. The van der Waals surface area contributed by atoms with E-state index in [1.807, 2.05) is 0 Å².